The molecule has 8 bridgehead atoms. The molecule has 57 heavy (non-hydrogen) atoms. The van der Waals surface area contributed by atoms with Gasteiger partial charge in [-0.15, -0.1) is 0 Å². The molecule has 5 aliphatic heterocycles. The molecule has 4 aliphatic carbocycles. The Morgan fingerprint density at radius 1 is 0.351 bits per heavy atom. The van der Waals surface area contributed by atoms with Crippen molar-refractivity contribution in [3.8, 4) is 0 Å². The molecule has 20 unspecified atom stereocenters. The van der Waals surface area contributed by atoms with E-state index in [1.54, 1.807) is 0 Å². The fourth-order valence-electron chi connectivity index (χ4n) is 12.7. The maximum atomic E-state index is 12.3. The van der Waals surface area contributed by atoms with E-state index in [0.29, 0.717) is 25.7 Å². The van der Waals surface area contributed by atoms with Crippen LogP contribution in [0.15, 0.2) is 0 Å². The van der Waals surface area contributed by atoms with E-state index in [1.807, 2.05) is 0 Å². The van der Waals surface area contributed by atoms with Crippen LogP contribution in [0.25, 0.3) is 10.6 Å². The number of nitrogens with one attached hydrogen (secondary N) is 6. The molecule has 1 radical (unpaired) electrons. The Labute approximate surface area is 350 Å². The minimum absolute atomic E-state index is 0. The van der Waals surface area contributed by atoms with Crippen LogP contribution >= 0.6 is 0 Å². The van der Waals surface area contributed by atoms with Crippen molar-refractivity contribution in [2.45, 2.75) is 147 Å². The van der Waals surface area contributed by atoms with Crippen molar-refractivity contribution in [3.63, 3.8) is 0 Å². The summed E-state index contributed by atoms with van der Waals surface area (Å²) >= 11 is 0. The number of fused-ring (bicyclic) bond motifs is 20. The van der Waals surface area contributed by atoms with Gasteiger partial charge in [0.2, 0.25) is 0 Å². The van der Waals surface area contributed by atoms with Gasteiger partial charge in [0.1, 0.15) is 0 Å². The minimum atomic E-state index is -4.60. The van der Waals surface area contributed by atoms with Crippen molar-refractivity contribution >= 4 is 40.5 Å². The van der Waals surface area contributed by atoms with E-state index < -0.39 is 111 Å². The molecule has 20 nitrogen and oxygen atoms in total. The fraction of sp³-hybridized carbons (Fsp3) is 1.00. The number of hydrogen-bond donors (Lipinski definition) is 6. The van der Waals surface area contributed by atoms with Gasteiger partial charge >= 0.3 is 22.5 Å². The second-order valence-corrected chi connectivity index (χ2v) is 24.6. The molecular weight excluding hydrogens is 876 g/mol. The topological polar surface area (TPSA) is 329 Å². The summed E-state index contributed by atoms with van der Waals surface area (Å²) in [5.41, 5.74) is 0. The van der Waals surface area contributed by atoms with Gasteiger partial charge in [0.05, 0.1) is 65.1 Å². The SMILES string of the molecule is O=S(=O)([O-])C1CCC2C3[N-]C(NC4[N-]C(NC5NC(NC6NC(N3)C3CC(S(=O)(=O)[O-])CCC63)C3CC(S(=O)(=O)[O-])CCC53)C3CC(S(=O)(=O)[O-])CCC43)C2C1.[Co+2].[H+].[H+].[H+].[H+]. The van der Waals surface area contributed by atoms with Gasteiger partial charge in [0, 0.05) is 21.0 Å². The number of hydrogen-bond acceptors (Lipinski definition) is 18. The van der Waals surface area contributed by atoms with E-state index in [2.05, 4.69) is 31.9 Å². The van der Waals surface area contributed by atoms with Crippen molar-refractivity contribution in [2.24, 2.45) is 47.3 Å². The van der Waals surface area contributed by atoms with Gasteiger partial charge in [-0.2, -0.15) is 0 Å². The summed E-state index contributed by atoms with van der Waals surface area (Å²) in [7, 11) is -18.4. The van der Waals surface area contributed by atoms with Gasteiger partial charge in [0.25, 0.3) is 0 Å². The molecule has 20 atom stereocenters. The summed E-state index contributed by atoms with van der Waals surface area (Å²) in [6, 6.07) is 0. The third-order valence-electron chi connectivity index (χ3n) is 15.4. The zero-order valence-corrected chi connectivity index (χ0v) is 35.1. The molecule has 6 N–H and O–H groups in total. The predicted octanol–water partition coefficient (Wildman–Crippen LogP) is -1.28. The van der Waals surface area contributed by atoms with Crippen LogP contribution in [0.2, 0.25) is 0 Å². The maximum Gasteiger partial charge on any atom is 2.00 e. The van der Waals surface area contributed by atoms with Gasteiger partial charge in [-0.25, -0.2) is 33.7 Å². The Balaban J connectivity index is 0.00000164. The Morgan fingerprint density at radius 3 is 1.00 bits per heavy atom. The van der Waals surface area contributed by atoms with E-state index in [1.165, 1.54) is 0 Å². The molecule has 4 saturated carbocycles. The molecule has 9 rings (SSSR count). The van der Waals surface area contributed by atoms with Crippen molar-refractivity contribution in [1.82, 2.24) is 31.9 Å². The summed E-state index contributed by atoms with van der Waals surface area (Å²) in [5.74, 6) is -2.09. The number of nitrogens with zero attached hydrogens (tertiary/aromatic N) is 2. The van der Waals surface area contributed by atoms with E-state index >= 15 is 0 Å². The third-order valence-corrected chi connectivity index (χ3v) is 20.3. The Kier molecular flexibility index (Phi) is 11.9. The predicted molar refractivity (Wildman–Crippen MR) is 198 cm³/mol. The quantitative estimate of drug-likeness (QED) is 0.179. The van der Waals surface area contributed by atoms with Gasteiger partial charge in [0.15, 0.2) is 0 Å². The summed E-state index contributed by atoms with van der Waals surface area (Å²) in [5, 5.41) is 27.7. The average molecular weight is 930 g/mol. The first kappa shape index (κ1) is 43.5. The number of rotatable bonds is 4. The monoisotopic (exact) mass is 929 g/mol. The van der Waals surface area contributed by atoms with Crippen LogP contribution in [0.5, 0.6) is 0 Å². The second-order valence-electron chi connectivity index (χ2n) is 18.0. The summed E-state index contributed by atoms with van der Waals surface area (Å²) in [6.07, 6.45) is -1.65. The smallest absolute Gasteiger partial charge is 0.748 e. The Morgan fingerprint density at radius 2 is 0.614 bits per heavy atom. The van der Waals surface area contributed by atoms with E-state index in [0.717, 1.165) is 0 Å². The largest absolute Gasteiger partial charge is 2.00 e. The first-order chi connectivity index (χ1) is 26.2. The summed E-state index contributed by atoms with van der Waals surface area (Å²) in [4.78, 5) is 0. The van der Waals surface area contributed by atoms with Crippen molar-refractivity contribution < 1.29 is 74.4 Å². The standard InChI is InChI=1S/C32H54N8O12S4.Co/c41-53(42,43)13-1-5-17-21(9-13)29-33-25(17)37-30-22-10-14(54(44,45)46)2-6-18(22)27(34-30)39-32-24-12-16(56(50,51)52)4-8-20(24)28(36-32)40-31-23-11-15(55(47,48)49)3-7-19(23)26(35-31)38-29;/h13-34,37-40H,1-12H2,(H,41,42,43)(H,44,45,46)(H,47,48,49)(H,50,51,52);/q-2;+2. The van der Waals surface area contributed by atoms with E-state index in [4.69, 9.17) is 10.6 Å². The van der Waals surface area contributed by atoms with Crippen LogP contribution in [-0.4, -0.2) is 122 Å². The zero-order valence-electron chi connectivity index (χ0n) is 34.8. The molecular formula is C32H54CoN8O12S4. The summed E-state index contributed by atoms with van der Waals surface area (Å²) in [6.45, 7) is 0. The molecule has 5 heterocycles. The molecule has 5 saturated heterocycles. The molecule has 327 valence electrons. The first-order valence-corrected chi connectivity index (χ1v) is 25.9. The van der Waals surface area contributed by atoms with Crippen LogP contribution in [-0.2, 0) is 57.3 Å². The molecule has 0 aromatic rings. The average Bonchev–Trinajstić information content (AvgIpc) is 3.84. The van der Waals surface area contributed by atoms with Gasteiger partial charge < -0.3 is 44.8 Å². The van der Waals surface area contributed by atoms with Crippen LogP contribution in [0.4, 0.5) is 0 Å². The summed E-state index contributed by atoms with van der Waals surface area (Å²) < 4.78 is 148. The van der Waals surface area contributed by atoms with Crippen LogP contribution in [0.1, 0.15) is 82.8 Å². The molecule has 0 aromatic carbocycles. The third kappa shape index (κ3) is 8.27. The maximum absolute atomic E-state index is 12.3. The Bertz CT molecular complexity index is 1730. The molecule has 0 amide bonds. The van der Waals surface area contributed by atoms with Gasteiger partial charge in [-0.05, 0) is 124 Å². The molecule has 0 spiro atoms. The van der Waals surface area contributed by atoms with Crippen LogP contribution < -0.4 is 31.9 Å². The van der Waals surface area contributed by atoms with Gasteiger partial charge in [-0.1, -0.05) is 24.7 Å². The minimum Gasteiger partial charge on any atom is -0.748 e. The first-order valence-electron chi connectivity index (χ1n) is 20.0. The van der Waals surface area contributed by atoms with Crippen molar-refractivity contribution in [1.29, 1.82) is 0 Å². The Hall–Kier alpha value is -0.174. The van der Waals surface area contributed by atoms with Gasteiger partial charge in [-0.3, -0.25) is 16.0 Å². The normalized spacial score (nSPS) is 50.2. The van der Waals surface area contributed by atoms with E-state index in [9.17, 15) is 51.9 Å². The molecule has 9 aliphatic rings. The van der Waals surface area contributed by atoms with E-state index in [-0.39, 0.29) is 121 Å². The van der Waals surface area contributed by atoms with Crippen LogP contribution in [0.3, 0.4) is 0 Å². The second kappa shape index (κ2) is 15.6. The van der Waals surface area contributed by atoms with Crippen molar-refractivity contribution in [3.05, 3.63) is 10.6 Å². The van der Waals surface area contributed by atoms with Crippen molar-refractivity contribution in [2.75, 3.05) is 0 Å². The molecule has 25 heteroatoms. The molecule has 9 fully saturated rings. The zero-order chi connectivity index (χ0) is 39.7. The fourth-order valence-corrected chi connectivity index (χ4v) is 16.2. The van der Waals surface area contributed by atoms with Crippen LogP contribution in [0, 0.1) is 47.3 Å². The molecule has 0 aromatic heterocycles.